The Hall–Kier alpha value is -1.70. The maximum Gasteiger partial charge on any atom is 0.231 e. The second-order valence-electron chi connectivity index (χ2n) is 6.30. The molecule has 0 saturated heterocycles. The van der Waals surface area contributed by atoms with E-state index in [-0.39, 0.29) is 29.4 Å². The van der Waals surface area contributed by atoms with E-state index in [0.29, 0.717) is 0 Å². The van der Waals surface area contributed by atoms with E-state index in [4.69, 9.17) is 18.9 Å². The van der Waals surface area contributed by atoms with Crippen molar-refractivity contribution in [2.45, 2.75) is 0 Å². The quantitative estimate of drug-likeness (QED) is 0.825. The largest absolute Gasteiger partial charge is 0.454 e. The fourth-order valence-corrected chi connectivity index (χ4v) is 4.99. The molecule has 0 unspecified atom stereocenters. The number of hydrogen-bond acceptors (Lipinski definition) is 5. The first-order valence-electron chi connectivity index (χ1n) is 8.03. The van der Waals surface area contributed by atoms with Crippen molar-refractivity contribution in [2.75, 3.05) is 45.6 Å². The molecule has 2 heterocycles. The van der Waals surface area contributed by atoms with E-state index < -0.39 is 0 Å². The molecule has 0 amide bonds. The Balaban J connectivity index is 1.87. The van der Waals surface area contributed by atoms with Gasteiger partial charge in [-0.05, 0) is 50.9 Å². The van der Waals surface area contributed by atoms with Crippen LogP contribution in [-0.2, 0) is 0 Å². The molecule has 0 bridgehead atoms. The number of benzene rings is 2. The molecule has 2 aliphatic rings. The number of fused-ring (bicyclic) bond motifs is 2. The molecular weight excluding hydrogens is 356 g/mol. The summed E-state index contributed by atoms with van der Waals surface area (Å²) in [6.45, 7) is 9.46. The van der Waals surface area contributed by atoms with E-state index in [1.807, 2.05) is 12.1 Å². The molecule has 0 fully saturated rings. The zero-order chi connectivity index (χ0) is 17.6. The zero-order valence-electron chi connectivity index (χ0n) is 14.8. The second-order valence-corrected chi connectivity index (χ2v) is 10.8. The number of nitrogens with one attached hydrogen (secondary N) is 1. The third kappa shape index (κ3) is 2.90. The highest BCUT2D eigenvalue weighted by Crippen LogP contribution is 2.48. The van der Waals surface area contributed by atoms with Gasteiger partial charge in [-0.3, -0.25) is 0 Å². The summed E-state index contributed by atoms with van der Waals surface area (Å²) < 4.78 is 22.7. The van der Waals surface area contributed by atoms with E-state index in [2.05, 4.69) is 44.1 Å². The summed E-state index contributed by atoms with van der Waals surface area (Å²) in [5, 5.41) is 6.12. The highest BCUT2D eigenvalue weighted by molar-refractivity contribution is 7.64. The zero-order valence-corrected chi connectivity index (χ0v) is 16.5. The van der Waals surface area contributed by atoms with Crippen LogP contribution in [0.15, 0.2) is 24.3 Å². The lowest BCUT2D eigenvalue weighted by Crippen LogP contribution is -2.14. The van der Waals surface area contributed by atoms with Crippen LogP contribution < -0.4 is 34.9 Å². The van der Waals surface area contributed by atoms with E-state index >= 15 is 0 Å². The summed E-state index contributed by atoms with van der Waals surface area (Å²) in [6, 6.07) is 8.24. The van der Waals surface area contributed by atoms with Crippen LogP contribution in [0.4, 0.5) is 11.4 Å². The van der Waals surface area contributed by atoms with Gasteiger partial charge in [0, 0.05) is 10.6 Å². The predicted molar refractivity (Wildman–Crippen MR) is 105 cm³/mol. The normalized spacial score (nSPS) is 14.5. The van der Waals surface area contributed by atoms with Crippen LogP contribution in [0.5, 0.6) is 23.0 Å². The van der Waals surface area contributed by atoms with Crippen LogP contribution in [0.3, 0.4) is 0 Å². The van der Waals surface area contributed by atoms with Crippen LogP contribution in [0, 0.1) is 0 Å². The minimum absolute atomic E-state index is 0.256. The lowest BCUT2D eigenvalue weighted by atomic mass is 10.2. The molecule has 4 rings (SSSR count). The van der Waals surface area contributed by atoms with E-state index in [1.165, 1.54) is 10.6 Å². The molecule has 0 radical (unpaired) electrons. The maximum atomic E-state index is 5.77. The standard InChI is InChI=1S/C18H21NO4P2/c1-24(2)13-7-5-11-17(22-9-20-11)15(13)19-16-14(25(3)4)8-6-12-18(16)23-10-21-12/h5-8,19H,9-10H2,1-4H3. The molecule has 25 heavy (non-hydrogen) atoms. The van der Waals surface area contributed by atoms with Gasteiger partial charge in [0.15, 0.2) is 23.0 Å². The Morgan fingerprint density at radius 2 is 1.12 bits per heavy atom. The average Bonchev–Trinajstić information content (AvgIpc) is 3.23. The van der Waals surface area contributed by atoms with Crippen molar-refractivity contribution >= 4 is 37.8 Å². The van der Waals surface area contributed by atoms with Crippen LogP contribution in [0.2, 0.25) is 0 Å². The van der Waals surface area contributed by atoms with Gasteiger partial charge in [0.2, 0.25) is 13.6 Å². The maximum absolute atomic E-state index is 5.77. The van der Waals surface area contributed by atoms with E-state index in [9.17, 15) is 0 Å². The number of hydrogen-bond donors (Lipinski definition) is 1. The monoisotopic (exact) mass is 377 g/mol. The van der Waals surface area contributed by atoms with Crippen LogP contribution in [0.1, 0.15) is 0 Å². The van der Waals surface area contributed by atoms with Gasteiger partial charge in [-0.1, -0.05) is 15.8 Å². The first-order valence-corrected chi connectivity index (χ1v) is 12.5. The molecule has 0 aliphatic carbocycles. The second kappa shape index (κ2) is 6.55. The molecule has 132 valence electrons. The third-order valence-corrected chi connectivity index (χ3v) is 6.92. The number of rotatable bonds is 4. The van der Waals surface area contributed by atoms with Gasteiger partial charge in [-0.2, -0.15) is 0 Å². The van der Waals surface area contributed by atoms with Crippen molar-refractivity contribution in [1.29, 1.82) is 0 Å². The molecule has 5 nitrogen and oxygen atoms in total. The molecule has 7 heteroatoms. The summed E-state index contributed by atoms with van der Waals surface area (Å²) in [6.07, 6.45) is 0. The van der Waals surface area contributed by atoms with Gasteiger partial charge in [0.05, 0.1) is 11.4 Å². The van der Waals surface area contributed by atoms with Crippen molar-refractivity contribution in [1.82, 2.24) is 0 Å². The Bertz CT molecular complexity index is 756. The van der Waals surface area contributed by atoms with Crippen molar-refractivity contribution in [3.8, 4) is 23.0 Å². The van der Waals surface area contributed by atoms with Crippen molar-refractivity contribution in [3.05, 3.63) is 24.3 Å². The highest BCUT2D eigenvalue weighted by atomic mass is 31.1. The summed E-state index contributed by atoms with van der Waals surface area (Å²) >= 11 is 0. The Morgan fingerprint density at radius 1 is 0.680 bits per heavy atom. The summed E-state index contributed by atoms with van der Waals surface area (Å²) in [4.78, 5) is 0. The Morgan fingerprint density at radius 3 is 1.52 bits per heavy atom. The van der Waals surface area contributed by atoms with Gasteiger partial charge in [0.1, 0.15) is 0 Å². The van der Waals surface area contributed by atoms with E-state index in [0.717, 1.165) is 34.4 Å². The molecule has 0 aromatic heterocycles. The summed E-state index contributed by atoms with van der Waals surface area (Å²) in [5.74, 6) is 3.13. The molecule has 2 aromatic rings. The highest BCUT2D eigenvalue weighted by Gasteiger charge is 2.27. The first-order chi connectivity index (χ1) is 12.1. The smallest absolute Gasteiger partial charge is 0.231 e. The molecule has 0 atom stereocenters. The van der Waals surface area contributed by atoms with Gasteiger partial charge in [-0.15, -0.1) is 0 Å². The van der Waals surface area contributed by atoms with Gasteiger partial charge in [0.25, 0.3) is 0 Å². The number of anilines is 2. The van der Waals surface area contributed by atoms with Crippen molar-refractivity contribution in [3.63, 3.8) is 0 Å². The number of ether oxygens (including phenoxy) is 4. The minimum Gasteiger partial charge on any atom is -0.454 e. The predicted octanol–water partition coefficient (Wildman–Crippen LogP) is 3.62. The molecule has 1 N–H and O–H groups in total. The first kappa shape index (κ1) is 16.8. The lowest BCUT2D eigenvalue weighted by molar-refractivity contribution is 0.174. The minimum atomic E-state index is -0.315. The van der Waals surface area contributed by atoms with E-state index in [1.54, 1.807) is 0 Å². The van der Waals surface area contributed by atoms with Gasteiger partial charge < -0.3 is 24.3 Å². The summed E-state index contributed by atoms with van der Waals surface area (Å²) in [5.41, 5.74) is 1.96. The van der Waals surface area contributed by atoms with Gasteiger partial charge >= 0.3 is 0 Å². The van der Waals surface area contributed by atoms with Crippen LogP contribution >= 0.6 is 15.8 Å². The van der Waals surface area contributed by atoms with Crippen LogP contribution in [0.25, 0.3) is 0 Å². The van der Waals surface area contributed by atoms with Crippen LogP contribution in [-0.4, -0.2) is 40.2 Å². The Kier molecular flexibility index (Phi) is 4.39. The van der Waals surface area contributed by atoms with Crippen molar-refractivity contribution in [2.24, 2.45) is 0 Å². The average molecular weight is 377 g/mol. The fraction of sp³-hybridized carbons (Fsp3) is 0.333. The molecule has 0 saturated carbocycles. The topological polar surface area (TPSA) is 49.0 Å². The van der Waals surface area contributed by atoms with Gasteiger partial charge in [-0.25, -0.2) is 0 Å². The van der Waals surface area contributed by atoms with Crippen molar-refractivity contribution < 1.29 is 18.9 Å². The lowest BCUT2D eigenvalue weighted by Gasteiger charge is -2.21. The molecule has 2 aliphatic heterocycles. The Labute approximate surface area is 150 Å². The summed E-state index contributed by atoms with van der Waals surface area (Å²) in [7, 11) is -0.630. The molecular formula is C18H21NO4P2. The molecule has 0 spiro atoms. The SMILES string of the molecule is CP(C)c1ccc2c(c1Nc1c(P(C)C)ccc3c1OCO3)OCO2. The molecule has 2 aromatic carbocycles. The fourth-order valence-electron chi connectivity index (χ4n) is 3.04. The third-order valence-electron chi connectivity index (χ3n) is 4.25.